The molecular formula is C77H110ClF3N12O13. The van der Waals surface area contributed by atoms with Crippen LogP contribution in [0.15, 0.2) is 66.7 Å². The van der Waals surface area contributed by atoms with Gasteiger partial charge < -0.3 is 64.8 Å². The lowest BCUT2D eigenvalue weighted by Gasteiger charge is -2.45. The first kappa shape index (κ1) is 86.1. The molecule has 2 saturated heterocycles. The molecule has 106 heavy (non-hydrogen) atoms. The number of fused-ring (bicyclic) bond motifs is 1. The Labute approximate surface area is 626 Å². The molecule has 0 unspecified atom stereocenters. The number of alkyl halides is 3. The van der Waals surface area contributed by atoms with Gasteiger partial charge >= 0.3 is 6.18 Å². The number of hydrogen-bond acceptors (Lipinski definition) is 13. The van der Waals surface area contributed by atoms with Gasteiger partial charge in [0.05, 0.1) is 30.7 Å². The minimum absolute atomic E-state index is 0.0710. The lowest BCUT2D eigenvalue weighted by atomic mass is 9.90. The largest absolute Gasteiger partial charge is 0.497 e. The van der Waals surface area contributed by atoms with E-state index >= 15 is 24.0 Å². The molecule has 3 aromatic rings. The van der Waals surface area contributed by atoms with Crippen molar-refractivity contribution in [1.82, 2.24) is 60.0 Å². The zero-order valence-corrected chi connectivity index (χ0v) is 65.5. The Morgan fingerprint density at radius 3 is 1.83 bits per heavy atom. The lowest BCUT2D eigenvalue weighted by Crippen LogP contribution is -2.65. The van der Waals surface area contributed by atoms with Crippen LogP contribution in [0.2, 0.25) is 5.02 Å². The molecule has 1 saturated carbocycles. The Morgan fingerprint density at radius 2 is 1.27 bits per heavy atom. The number of amides is 12. The average Bonchev–Trinajstić information content (AvgIpc) is 1.31. The number of halogens is 4. The van der Waals surface area contributed by atoms with Gasteiger partial charge in [-0.25, -0.2) is 0 Å². The molecule has 12 amide bonds. The normalized spacial score (nSPS) is 24.6. The van der Waals surface area contributed by atoms with E-state index in [9.17, 15) is 46.7 Å². The zero-order valence-electron chi connectivity index (χ0n) is 64.7. The summed E-state index contributed by atoms with van der Waals surface area (Å²) < 4.78 is 47.6. The molecule has 0 radical (unpaired) electrons. The first-order chi connectivity index (χ1) is 49.6. The third-order valence-electron chi connectivity index (χ3n) is 21.6. The third-order valence-corrected chi connectivity index (χ3v) is 21.9. The van der Waals surface area contributed by atoms with Gasteiger partial charge in [-0.15, -0.1) is 0 Å². The number of nitrogens with one attached hydrogen (secondary N) is 3. The Morgan fingerprint density at radius 1 is 0.670 bits per heavy atom. The van der Waals surface area contributed by atoms with Crippen molar-refractivity contribution in [1.29, 1.82) is 0 Å². The molecule has 2 heterocycles. The number of ether oxygens (including phenoxy) is 1. The van der Waals surface area contributed by atoms with Crippen molar-refractivity contribution in [2.24, 2.45) is 17.8 Å². The van der Waals surface area contributed by atoms with Gasteiger partial charge in [-0.2, -0.15) is 13.2 Å². The topological polar surface area (TPSA) is 279 Å². The van der Waals surface area contributed by atoms with Crippen LogP contribution < -0.4 is 20.7 Å². The van der Waals surface area contributed by atoms with Crippen LogP contribution in [0, 0.1) is 24.7 Å². The summed E-state index contributed by atoms with van der Waals surface area (Å²) in [5.74, 6) is -9.66. The number of benzene rings is 3. The molecule has 11 atom stereocenters. The molecule has 584 valence electrons. The molecule has 1 aliphatic carbocycles. The SMILES string of the molecule is CC[C@H](C)[C@@H]1NC(=O)[C@H](CC(C)C)N(C)C(=O)C[C@@H](C(=O)N(C)C)N(C)C(=O)[C@H]([C@@H](C)CC)N(C)C(=O)C2(CCCC2)NC(=O)[C@H](Cc2cccc(OC)c2)N(C)C(=O)[C@H](CCc2ccc(C(F)(F)F)c(Cl)c2)NC(=O)CN(C)C(=O)[C@H](Cc2ccc(C)cc2)N(C)C(=O)[C@@H]2CCN2C(=O)[C@H](C)N(C)C1=O. The standard InChI is InChI=1S/C77H110ClF3N12O13/c1-19-47(6)64-73(103)87(12)49(8)68(98)93-37-34-57(93)72(102)90(15)60(41-51-28-26-46(5)27-29-51)71(101)86(11)44-62(94)82-56(33-31-50-30-32-54(55(78)40-50)77(79,80)81)69(99)89(14)59(42-52-24-23-25-53(39-52)106-18)67(97)84-76(35-21-22-36-76)75(105)92(17)65(48(7)20-2)74(104)91(16)61(70(100)85(9)10)43-63(95)88(13)58(38-45(3)4)66(96)83-64/h23-30,32,39-40,45,47-49,56-61,64-65H,19-22,31,33-38,41-44H2,1-18H3,(H,82,94)(H,83,96)(H,84,97)/t47-,48-,49-,56-,57-,58-,59-,60-,61-,64-,65-/m0/s1. The van der Waals surface area contributed by atoms with Gasteiger partial charge in [0, 0.05) is 82.8 Å². The van der Waals surface area contributed by atoms with Gasteiger partial charge in [-0.3, -0.25) is 57.5 Å². The molecular weight excluding hydrogens is 1390 g/mol. The number of methoxy groups -OCH3 is 1. The van der Waals surface area contributed by atoms with Gasteiger partial charge in [-0.05, 0) is 111 Å². The average molecular weight is 1500 g/mol. The van der Waals surface area contributed by atoms with E-state index in [1.54, 1.807) is 50.2 Å². The summed E-state index contributed by atoms with van der Waals surface area (Å²) >= 11 is 6.20. The molecule has 25 nitrogen and oxygen atoms in total. The third kappa shape index (κ3) is 20.7. The van der Waals surface area contributed by atoms with E-state index in [2.05, 4.69) is 16.0 Å². The number of rotatable bonds is 15. The Kier molecular flexibility index (Phi) is 30.2. The van der Waals surface area contributed by atoms with Crippen LogP contribution in [-0.4, -0.2) is 259 Å². The van der Waals surface area contributed by atoms with Crippen molar-refractivity contribution in [3.05, 3.63) is 99.6 Å². The summed E-state index contributed by atoms with van der Waals surface area (Å²) in [6, 6.07) is 4.95. The summed E-state index contributed by atoms with van der Waals surface area (Å²) in [5, 5.41) is 8.06. The van der Waals surface area contributed by atoms with Gasteiger partial charge in [0.1, 0.15) is 65.7 Å². The fourth-order valence-corrected chi connectivity index (χ4v) is 14.4. The Bertz CT molecular complexity index is 3690. The molecule has 0 bridgehead atoms. The monoisotopic (exact) mass is 1500 g/mol. The van der Waals surface area contributed by atoms with E-state index in [-0.39, 0.29) is 69.4 Å². The summed E-state index contributed by atoms with van der Waals surface area (Å²) in [5.41, 5.74) is -0.554. The van der Waals surface area contributed by atoms with E-state index in [1.165, 1.54) is 113 Å². The van der Waals surface area contributed by atoms with Crippen molar-refractivity contribution in [3.63, 3.8) is 0 Å². The second-order valence-electron chi connectivity index (χ2n) is 29.7. The zero-order chi connectivity index (χ0) is 79.3. The van der Waals surface area contributed by atoms with E-state index < -0.39 is 172 Å². The van der Waals surface area contributed by atoms with Crippen molar-refractivity contribution in [2.75, 3.05) is 83.6 Å². The molecule has 2 aliphatic heterocycles. The number of likely N-dealkylation sites (N-methyl/N-ethyl adjacent to an activating group) is 8. The van der Waals surface area contributed by atoms with E-state index in [4.69, 9.17) is 16.3 Å². The van der Waals surface area contributed by atoms with Gasteiger partial charge in [0.2, 0.25) is 70.9 Å². The summed E-state index contributed by atoms with van der Waals surface area (Å²) in [6.45, 7) is 13.5. The van der Waals surface area contributed by atoms with Crippen LogP contribution in [0.5, 0.6) is 5.75 Å². The van der Waals surface area contributed by atoms with Crippen LogP contribution in [-0.2, 0) is 83.0 Å². The van der Waals surface area contributed by atoms with E-state index in [0.717, 1.165) is 32.4 Å². The van der Waals surface area contributed by atoms with Crippen LogP contribution in [0.25, 0.3) is 0 Å². The smallest absolute Gasteiger partial charge is 0.417 e. The number of carbonyl (C=O) groups is 12. The minimum Gasteiger partial charge on any atom is -0.497 e. The first-order valence-corrected chi connectivity index (χ1v) is 36.8. The number of nitrogens with zero attached hydrogens (tertiary/aromatic N) is 9. The summed E-state index contributed by atoms with van der Waals surface area (Å²) in [6.07, 6.45) is -4.20. The molecule has 6 rings (SSSR count). The quantitative estimate of drug-likeness (QED) is 0.154. The van der Waals surface area contributed by atoms with Crippen LogP contribution in [0.3, 0.4) is 0 Å². The minimum atomic E-state index is -4.80. The first-order valence-electron chi connectivity index (χ1n) is 36.5. The maximum atomic E-state index is 15.7. The maximum absolute atomic E-state index is 15.7. The van der Waals surface area contributed by atoms with E-state index in [0.29, 0.717) is 42.6 Å². The van der Waals surface area contributed by atoms with Crippen molar-refractivity contribution >= 4 is 82.5 Å². The maximum Gasteiger partial charge on any atom is 0.417 e. The Hall–Kier alpha value is -8.82. The molecule has 3 fully saturated rings. The molecule has 3 aliphatic rings. The number of hydrogen-bond donors (Lipinski definition) is 3. The van der Waals surface area contributed by atoms with Crippen LogP contribution in [0.4, 0.5) is 13.2 Å². The van der Waals surface area contributed by atoms with E-state index in [1.807, 2.05) is 46.8 Å². The highest BCUT2D eigenvalue weighted by atomic mass is 35.5. The highest BCUT2D eigenvalue weighted by Gasteiger charge is 2.51. The number of carbonyl (C=O) groups excluding carboxylic acids is 12. The van der Waals surface area contributed by atoms with Gasteiger partial charge in [-0.1, -0.05) is 127 Å². The van der Waals surface area contributed by atoms with Crippen molar-refractivity contribution < 1.29 is 75.4 Å². The van der Waals surface area contributed by atoms with Crippen LogP contribution in [0.1, 0.15) is 140 Å². The Balaban J connectivity index is 1.51. The lowest BCUT2D eigenvalue weighted by molar-refractivity contribution is -0.160. The highest BCUT2D eigenvalue weighted by Crippen LogP contribution is 2.37. The summed E-state index contributed by atoms with van der Waals surface area (Å²) in [7, 11) is 14.0. The van der Waals surface area contributed by atoms with Crippen molar-refractivity contribution in [3.8, 4) is 5.75 Å². The molecule has 29 heteroatoms. The van der Waals surface area contributed by atoms with Gasteiger partial charge in [0.25, 0.3) is 0 Å². The van der Waals surface area contributed by atoms with Crippen molar-refractivity contribution in [2.45, 2.75) is 205 Å². The molecule has 3 N–H and O–H groups in total. The number of aryl methyl sites for hydroxylation is 2. The van der Waals surface area contributed by atoms with Crippen LogP contribution >= 0.6 is 11.6 Å². The summed E-state index contributed by atoms with van der Waals surface area (Å²) in [4.78, 5) is 192. The fraction of sp³-hybridized carbons (Fsp3) is 0.610. The molecule has 1 spiro atoms. The second-order valence-corrected chi connectivity index (χ2v) is 30.2. The molecule has 3 aromatic carbocycles. The van der Waals surface area contributed by atoms with Gasteiger partial charge in [0.15, 0.2) is 0 Å². The molecule has 0 aromatic heterocycles. The highest BCUT2D eigenvalue weighted by molar-refractivity contribution is 6.31. The second kappa shape index (κ2) is 37.1. The fourth-order valence-electron chi connectivity index (χ4n) is 14.1. The predicted molar refractivity (Wildman–Crippen MR) is 394 cm³/mol. The predicted octanol–water partition coefficient (Wildman–Crippen LogP) is 6.16.